The molecule has 1 heterocycles. The Morgan fingerprint density at radius 3 is 2.52 bits per heavy atom. The van der Waals surface area contributed by atoms with Crippen LogP contribution in [0, 0.1) is 13.8 Å². The number of aryl methyl sites for hydroxylation is 2. The summed E-state index contributed by atoms with van der Waals surface area (Å²) in [6.07, 6.45) is 0.346. The molecule has 1 amide bonds. The van der Waals surface area contributed by atoms with Gasteiger partial charge in [-0.1, -0.05) is 18.2 Å². The monoisotopic (exact) mass is 368 g/mol. The number of rotatable bonds is 7. The topological polar surface area (TPSA) is 50.8 Å². The van der Waals surface area contributed by atoms with Crippen LogP contribution in [0.15, 0.2) is 42.5 Å². The zero-order valence-electron chi connectivity index (χ0n) is 16.2. The minimum Gasteiger partial charge on any atom is -0.493 e. The molecule has 0 aromatic heterocycles. The fraction of sp³-hybridized carbons (Fsp3) is 0.409. The lowest BCUT2D eigenvalue weighted by molar-refractivity contribution is -0.121. The molecule has 1 saturated heterocycles. The third-order valence-electron chi connectivity index (χ3n) is 4.88. The molecule has 0 saturated carbocycles. The van der Waals surface area contributed by atoms with Crippen LogP contribution >= 0.6 is 0 Å². The maximum absolute atomic E-state index is 12.0. The molecule has 0 aliphatic carbocycles. The summed E-state index contributed by atoms with van der Waals surface area (Å²) < 4.78 is 11.1. The smallest absolute Gasteiger partial charge is 0.223 e. The normalized spacial score (nSPS) is 14.1. The Bertz CT molecular complexity index is 753. The number of hydrogen-bond donors (Lipinski definition) is 1. The Morgan fingerprint density at radius 2 is 1.81 bits per heavy atom. The van der Waals surface area contributed by atoms with Crippen molar-refractivity contribution in [2.45, 2.75) is 26.8 Å². The van der Waals surface area contributed by atoms with Crippen molar-refractivity contribution in [2.75, 3.05) is 37.8 Å². The summed E-state index contributed by atoms with van der Waals surface area (Å²) in [6.45, 7) is 8.45. The van der Waals surface area contributed by atoms with Crippen molar-refractivity contribution in [3.63, 3.8) is 0 Å². The van der Waals surface area contributed by atoms with Gasteiger partial charge in [-0.3, -0.25) is 4.79 Å². The van der Waals surface area contributed by atoms with E-state index < -0.39 is 0 Å². The summed E-state index contributed by atoms with van der Waals surface area (Å²) in [5.74, 6) is 0.806. The van der Waals surface area contributed by atoms with Crippen LogP contribution in [-0.2, 0) is 16.1 Å². The van der Waals surface area contributed by atoms with Crippen molar-refractivity contribution in [3.8, 4) is 5.75 Å². The van der Waals surface area contributed by atoms with Gasteiger partial charge >= 0.3 is 0 Å². The van der Waals surface area contributed by atoms with Gasteiger partial charge in [0.2, 0.25) is 5.91 Å². The molecular formula is C22H28N2O3. The lowest BCUT2D eigenvalue weighted by Gasteiger charge is -2.28. The summed E-state index contributed by atoms with van der Waals surface area (Å²) in [7, 11) is 0. The van der Waals surface area contributed by atoms with E-state index in [4.69, 9.17) is 9.47 Å². The quantitative estimate of drug-likeness (QED) is 0.815. The Kier molecular flexibility index (Phi) is 6.71. The SMILES string of the molecule is Cc1ccc(OCCC(=O)NCc2ccc(N3CCOCC3)cc2)cc1C. The van der Waals surface area contributed by atoms with Crippen molar-refractivity contribution in [1.29, 1.82) is 0 Å². The number of carbonyl (C=O) groups excluding carboxylic acids is 1. The van der Waals surface area contributed by atoms with Crippen molar-refractivity contribution in [1.82, 2.24) is 5.32 Å². The second-order valence-corrected chi connectivity index (χ2v) is 6.89. The standard InChI is InChI=1S/C22H28N2O3/c1-17-3-8-21(15-18(17)2)27-12-9-22(25)23-16-19-4-6-20(7-5-19)24-10-13-26-14-11-24/h3-8,15H,9-14,16H2,1-2H3,(H,23,25). The van der Waals surface area contributed by atoms with Gasteiger partial charge in [0.15, 0.2) is 0 Å². The van der Waals surface area contributed by atoms with Gasteiger partial charge in [-0.15, -0.1) is 0 Å². The molecule has 0 unspecified atom stereocenters. The van der Waals surface area contributed by atoms with Crippen LogP contribution in [0.25, 0.3) is 0 Å². The maximum Gasteiger partial charge on any atom is 0.223 e. The van der Waals surface area contributed by atoms with Crippen molar-refractivity contribution >= 4 is 11.6 Å². The first-order valence-electron chi connectivity index (χ1n) is 9.50. The molecule has 0 atom stereocenters. The average Bonchev–Trinajstić information content (AvgIpc) is 2.70. The zero-order valence-corrected chi connectivity index (χ0v) is 16.2. The van der Waals surface area contributed by atoms with Crippen LogP contribution in [0.3, 0.4) is 0 Å². The number of nitrogens with one attached hydrogen (secondary N) is 1. The van der Waals surface area contributed by atoms with Gasteiger partial charge in [-0.05, 0) is 54.8 Å². The van der Waals surface area contributed by atoms with E-state index in [1.807, 2.05) is 18.2 Å². The molecule has 0 spiro atoms. The highest BCUT2D eigenvalue weighted by molar-refractivity contribution is 5.76. The number of carbonyl (C=O) groups is 1. The lowest BCUT2D eigenvalue weighted by atomic mass is 10.1. The molecule has 5 nitrogen and oxygen atoms in total. The van der Waals surface area contributed by atoms with Crippen LogP contribution in [-0.4, -0.2) is 38.8 Å². The number of ether oxygens (including phenoxy) is 2. The van der Waals surface area contributed by atoms with E-state index in [1.54, 1.807) is 0 Å². The predicted molar refractivity (Wildman–Crippen MR) is 107 cm³/mol. The Labute approximate surface area is 161 Å². The zero-order chi connectivity index (χ0) is 19.1. The largest absolute Gasteiger partial charge is 0.493 e. The highest BCUT2D eigenvalue weighted by Gasteiger charge is 2.11. The Balaban J connectivity index is 1.39. The number of nitrogens with zero attached hydrogens (tertiary/aromatic N) is 1. The van der Waals surface area contributed by atoms with E-state index in [2.05, 4.69) is 48.3 Å². The molecule has 5 heteroatoms. The maximum atomic E-state index is 12.0. The summed E-state index contributed by atoms with van der Waals surface area (Å²) in [5, 5.41) is 2.95. The van der Waals surface area contributed by atoms with E-state index in [0.29, 0.717) is 19.6 Å². The third kappa shape index (κ3) is 5.73. The highest BCUT2D eigenvalue weighted by atomic mass is 16.5. The lowest BCUT2D eigenvalue weighted by Crippen LogP contribution is -2.36. The van der Waals surface area contributed by atoms with Gasteiger partial charge in [0, 0.05) is 25.3 Å². The molecule has 1 aliphatic heterocycles. The van der Waals surface area contributed by atoms with Gasteiger partial charge in [-0.2, -0.15) is 0 Å². The molecule has 144 valence electrons. The van der Waals surface area contributed by atoms with Gasteiger partial charge in [-0.25, -0.2) is 0 Å². The summed E-state index contributed by atoms with van der Waals surface area (Å²) >= 11 is 0. The van der Waals surface area contributed by atoms with Crippen LogP contribution < -0.4 is 15.0 Å². The van der Waals surface area contributed by atoms with Gasteiger partial charge in [0.25, 0.3) is 0 Å². The Morgan fingerprint density at radius 1 is 1.07 bits per heavy atom. The number of anilines is 1. The minimum absolute atomic E-state index is 0.00362. The van der Waals surface area contributed by atoms with E-state index in [-0.39, 0.29) is 5.91 Å². The fourth-order valence-electron chi connectivity index (χ4n) is 3.00. The minimum atomic E-state index is -0.00362. The molecule has 1 fully saturated rings. The number of amides is 1. The highest BCUT2D eigenvalue weighted by Crippen LogP contribution is 2.17. The van der Waals surface area contributed by atoms with Crippen LogP contribution in [0.5, 0.6) is 5.75 Å². The van der Waals surface area contributed by atoms with E-state index >= 15 is 0 Å². The number of morpholine rings is 1. The van der Waals surface area contributed by atoms with E-state index in [1.165, 1.54) is 16.8 Å². The van der Waals surface area contributed by atoms with E-state index in [0.717, 1.165) is 37.6 Å². The average molecular weight is 368 g/mol. The first kappa shape index (κ1) is 19.2. The number of hydrogen-bond acceptors (Lipinski definition) is 4. The first-order chi connectivity index (χ1) is 13.1. The van der Waals surface area contributed by atoms with Crippen LogP contribution in [0.2, 0.25) is 0 Å². The second kappa shape index (κ2) is 9.42. The molecule has 1 aliphatic rings. The molecule has 2 aromatic rings. The van der Waals surface area contributed by atoms with Crippen LogP contribution in [0.1, 0.15) is 23.1 Å². The molecule has 0 radical (unpaired) electrons. The molecule has 27 heavy (non-hydrogen) atoms. The summed E-state index contributed by atoms with van der Waals surface area (Å²) in [6, 6.07) is 14.3. The second-order valence-electron chi connectivity index (χ2n) is 6.89. The number of benzene rings is 2. The molecule has 1 N–H and O–H groups in total. The van der Waals surface area contributed by atoms with Crippen molar-refractivity contribution in [2.24, 2.45) is 0 Å². The van der Waals surface area contributed by atoms with Crippen LogP contribution in [0.4, 0.5) is 5.69 Å². The molecule has 2 aromatic carbocycles. The summed E-state index contributed by atoms with van der Waals surface area (Å²) in [4.78, 5) is 14.3. The predicted octanol–water partition coefficient (Wildman–Crippen LogP) is 3.23. The molecular weight excluding hydrogens is 340 g/mol. The van der Waals surface area contributed by atoms with Crippen molar-refractivity contribution < 1.29 is 14.3 Å². The first-order valence-corrected chi connectivity index (χ1v) is 9.50. The van der Waals surface area contributed by atoms with Gasteiger partial charge in [0.1, 0.15) is 5.75 Å². The Hall–Kier alpha value is -2.53. The fourth-order valence-corrected chi connectivity index (χ4v) is 3.00. The summed E-state index contributed by atoms with van der Waals surface area (Å²) in [5.41, 5.74) is 4.72. The van der Waals surface area contributed by atoms with Crippen molar-refractivity contribution in [3.05, 3.63) is 59.2 Å². The van der Waals surface area contributed by atoms with Gasteiger partial charge < -0.3 is 19.7 Å². The third-order valence-corrected chi connectivity index (χ3v) is 4.88. The van der Waals surface area contributed by atoms with Gasteiger partial charge in [0.05, 0.1) is 26.2 Å². The molecule has 0 bridgehead atoms. The molecule has 3 rings (SSSR count). The van der Waals surface area contributed by atoms with E-state index in [9.17, 15) is 4.79 Å².